The summed E-state index contributed by atoms with van der Waals surface area (Å²) in [5, 5.41) is 13.6. The number of aryl methyl sites for hydroxylation is 1. The minimum Gasteiger partial charge on any atom is -0.489 e. The zero-order valence-electron chi connectivity index (χ0n) is 18.1. The van der Waals surface area contributed by atoms with Gasteiger partial charge in [0.2, 0.25) is 5.91 Å². The predicted molar refractivity (Wildman–Crippen MR) is 126 cm³/mol. The molecular weight excluding hydrogens is 422 g/mol. The number of hydrogen-bond acceptors (Lipinski definition) is 5. The van der Waals surface area contributed by atoms with Gasteiger partial charge in [0.05, 0.1) is 11.1 Å². The SMILES string of the molecule is O=C(/C=C/c1ccc(OCc2ccccc2)cc1)NCCCCn1cc([N+](=O)[O-])ccc1=O. The third-order valence-electron chi connectivity index (χ3n) is 4.86. The Morgan fingerprint density at radius 3 is 2.52 bits per heavy atom. The molecular formula is C25H25N3O5. The highest BCUT2D eigenvalue weighted by atomic mass is 16.6. The van der Waals surface area contributed by atoms with Crippen molar-refractivity contribution < 1.29 is 14.5 Å². The van der Waals surface area contributed by atoms with E-state index in [2.05, 4.69) is 5.32 Å². The molecule has 1 N–H and O–H groups in total. The van der Waals surface area contributed by atoms with Crippen molar-refractivity contribution in [1.29, 1.82) is 0 Å². The van der Waals surface area contributed by atoms with Crippen molar-refractivity contribution in [3.05, 3.63) is 111 Å². The lowest BCUT2D eigenvalue weighted by Gasteiger charge is -2.06. The molecule has 1 aromatic heterocycles. The van der Waals surface area contributed by atoms with Crippen LogP contribution in [0, 0.1) is 10.1 Å². The number of benzene rings is 2. The van der Waals surface area contributed by atoms with Crippen LogP contribution in [0.4, 0.5) is 5.69 Å². The van der Waals surface area contributed by atoms with Crippen LogP contribution < -0.4 is 15.6 Å². The van der Waals surface area contributed by atoms with Crippen LogP contribution in [0.1, 0.15) is 24.0 Å². The van der Waals surface area contributed by atoms with E-state index in [0.717, 1.165) is 16.9 Å². The number of nitrogens with zero attached hydrogens (tertiary/aromatic N) is 2. The molecule has 8 nitrogen and oxygen atoms in total. The summed E-state index contributed by atoms with van der Waals surface area (Å²) in [6.07, 6.45) is 5.67. The van der Waals surface area contributed by atoms with E-state index in [9.17, 15) is 19.7 Å². The second-order valence-corrected chi connectivity index (χ2v) is 7.35. The fourth-order valence-electron chi connectivity index (χ4n) is 3.07. The fraction of sp³-hybridized carbons (Fsp3) is 0.200. The van der Waals surface area contributed by atoms with Gasteiger partial charge in [0, 0.05) is 31.3 Å². The maximum Gasteiger partial charge on any atom is 0.285 e. The van der Waals surface area contributed by atoms with Crippen molar-refractivity contribution in [3.8, 4) is 5.75 Å². The van der Waals surface area contributed by atoms with Crippen molar-refractivity contribution in [2.24, 2.45) is 0 Å². The molecule has 0 saturated carbocycles. The van der Waals surface area contributed by atoms with Gasteiger partial charge in [-0.3, -0.25) is 19.7 Å². The lowest BCUT2D eigenvalue weighted by atomic mass is 10.2. The first-order chi connectivity index (χ1) is 16.0. The maximum absolute atomic E-state index is 12.0. The number of nitro groups is 1. The lowest BCUT2D eigenvalue weighted by molar-refractivity contribution is -0.385. The van der Waals surface area contributed by atoms with Gasteiger partial charge in [-0.05, 0) is 42.2 Å². The Morgan fingerprint density at radius 1 is 1.03 bits per heavy atom. The molecule has 1 heterocycles. The van der Waals surface area contributed by atoms with Crippen LogP contribution in [0.3, 0.4) is 0 Å². The second kappa shape index (κ2) is 12.0. The predicted octanol–water partition coefficient (Wildman–Crippen LogP) is 3.95. The van der Waals surface area contributed by atoms with E-state index in [1.165, 1.54) is 29.0 Å². The smallest absolute Gasteiger partial charge is 0.285 e. The Bertz CT molecular complexity index is 1150. The molecule has 0 spiro atoms. The van der Waals surface area contributed by atoms with E-state index >= 15 is 0 Å². The van der Waals surface area contributed by atoms with Crippen molar-refractivity contribution in [1.82, 2.24) is 9.88 Å². The molecule has 0 atom stereocenters. The Hall–Kier alpha value is -4.20. The molecule has 170 valence electrons. The summed E-state index contributed by atoms with van der Waals surface area (Å²) in [4.78, 5) is 34.0. The summed E-state index contributed by atoms with van der Waals surface area (Å²) < 4.78 is 7.06. The standard InChI is InChI=1S/C25H25N3O5/c29-24(26-16-4-5-17-27-18-22(28(31)32)11-15-25(27)30)14-10-20-8-12-23(13-9-20)33-19-21-6-2-1-3-7-21/h1-3,6-15,18H,4-5,16-17,19H2,(H,26,29)/b14-10+. The quantitative estimate of drug-likeness (QED) is 0.207. The molecule has 33 heavy (non-hydrogen) atoms. The summed E-state index contributed by atoms with van der Waals surface area (Å²) in [7, 11) is 0. The van der Waals surface area contributed by atoms with Gasteiger partial charge in [0.15, 0.2) is 0 Å². The van der Waals surface area contributed by atoms with E-state index in [-0.39, 0.29) is 17.2 Å². The molecule has 8 heteroatoms. The van der Waals surface area contributed by atoms with Gasteiger partial charge < -0.3 is 14.6 Å². The normalized spacial score (nSPS) is 10.8. The van der Waals surface area contributed by atoms with Gasteiger partial charge in [-0.1, -0.05) is 42.5 Å². The summed E-state index contributed by atoms with van der Waals surface area (Å²) in [5.74, 6) is 0.537. The van der Waals surface area contributed by atoms with Crippen LogP contribution in [0.25, 0.3) is 6.08 Å². The number of aromatic nitrogens is 1. The number of ether oxygens (including phenoxy) is 1. The molecule has 0 fully saturated rings. The van der Waals surface area contributed by atoms with Crippen molar-refractivity contribution in [3.63, 3.8) is 0 Å². The van der Waals surface area contributed by atoms with Gasteiger partial charge in [0.1, 0.15) is 12.4 Å². The minimum atomic E-state index is -0.534. The Balaban J connectivity index is 1.36. The minimum absolute atomic E-state index is 0.121. The van der Waals surface area contributed by atoms with E-state index in [0.29, 0.717) is 32.5 Å². The number of amides is 1. The first-order valence-electron chi connectivity index (χ1n) is 10.6. The zero-order valence-corrected chi connectivity index (χ0v) is 18.1. The highest BCUT2D eigenvalue weighted by molar-refractivity contribution is 5.91. The molecule has 0 saturated heterocycles. The second-order valence-electron chi connectivity index (χ2n) is 7.35. The number of rotatable bonds is 11. The van der Waals surface area contributed by atoms with Crippen LogP contribution in [0.2, 0.25) is 0 Å². The van der Waals surface area contributed by atoms with Gasteiger partial charge in [-0.2, -0.15) is 0 Å². The van der Waals surface area contributed by atoms with E-state index in [4.69, 9.17) is 4.74 Å². The molecule has 0 bridgehead atoms. The number of hydrogen-bond donors (Lipinski definition) is 1. The number of pyridine rings is 1. The summed E-state index contributed by atoms with van der Waals surface area (Å²) in [6, 6.07) is 19.8. The van der Waals surface area contributed by atoms with E-state index < -0.39 is 4.92 Å². The van der Waals surface area contributed by atoms with Gasteiger partial charge in [-0.15, -0.1) is 0 Å². The van der Waals surface area contributed by atoms with Gasteiger partial charge in [-0.25, -0.2) is 0 Å². The Morgan fingerprint density at radius 2 is 1.79 bits per heavy atom. The molecule has 0 unspecified atom stereocenters. The Kier molecular flexibility index (Phi) is 8.53. The van der Waals surface area contributed by atoms with Crippen LogP contribution in [-0.4, -0.2) is 21.9 Å². The summed E-state index contributed by atoms with van der Waals surface area (Å²) >= 11 is 0. The van der Waals surface area contributed by atoms with Crippen LogP contribution in [-0.2, 0) is 17.9 Å². The fourth-order valence-corrected chi connectivity index (χ4v) is 3.07. The molecule has 3 aromatic rings. The lowest BCUT2D eigenvalue weighted by Crippen LogP contribution is -2.23. The molecule has 2 aromatic carbocycles. The van der Waals surface area contributed by atoms with Crippen molar-refractivity contribution in [2.75, 3.05) is 6.54 Å². The van der Waals surface area contributed by atoms with Crippen LogP contribution in [0.15, 0.2) is 83.8 Å². The summed E-state index contributed by atoms with van der Waals surface area (Å²) in [6.45, 7) is 1.29. The zero-order chi connectivity index (χ0) is 23.5. The molecule has 0 aliphatic carbocycles. The number of carbonyl (C=O) groups is 1. The van der Waals surface area contributed by atoms with Crippen LogP contribution in [0.5, 0.6) is 5.75 Å². The van der Waals surface area contributed by atoms with Crippen LogP contribution >= 0.6 is 0 Å². The monoisotopic (exact) mass is 447 g/mol. The number of unbranched alkanes of at least 4 members (excludes halogenated alkanes) is 1. The highest BCUT2D eigenvalue weighted by Gasteiger charge is 2.07. The molecule has 0 aliphatic heterocycles. The van der Waals surface area contributed by atoms with Crippen molar-refractivity contribution in [2.45, 2.75) is 26.0 Å². The molecule has 3 rings (SSSR count). The van der Waals surface area contributed by atoms with Gasteiger partial charge >= 0.3 is 0 Å². The molecule has 1 amide bonds. The van der Waals surface area contributed by atoms with Crippen molar-refractivity contribution >= 4 is 17.7 Å². The Labute approximate surface area is 191 Å². The first-order valence-corrected chi connectivity index (χ1v) is 10.6. The third kappa shape index (κ3) is 7.77. The average Bonchev–Trinajstić information content (AvgIpc) is 2.83. The molecule has 0 radical (unpaired) electrons. The molecule has 0 aliphatic rings. The third-order valence-corrected chi connectivity index (χ3v) is 4.86. The van der Waals surface area contributed by atoms with E-state index in [1.54, 1.807) is 6.08 Å². The topological polar surface area (TPSA) is 103 Å². The number of nitrogens with one attached hydrogen (secondary N) is 1. The number of carbonyl (C=O) groups excluding carboxylic acids is 1. The largest absolute Gasteiger partial charge is 0.489 e. The van der Waals surface area contributed by atoms with Gasteiger partial charge in [0.25, 0.3) is 11.2 Å². The first kappa shape index (κ1) is 23.5. The van der Waals surface area contributed by atoms with E-state index in [1.807, 2.05) is 54.6 Å². The maximum atomic E-state index is 12.0. The summed E-state index contributed by atoms with van der Waals surface area (Å²) in [5.41, 5.74) is 1.56. The highest BCUT2D eigenvalue weighted by Crippen LogP contribution is 2.15. The average molecular weight is 447 g/mol.